The molecule has 0 saturated carbocycles. The summed E-state index contributed by atoms with van der Waals surface area (Å²) in [5, 5.41) is 0. The van der Waals surface area contributed by atoms with Crippen molar-refractivity contribution in [3.8, 4) is 11.5 Å². The van der Waals surface area contributed by atoms with Crippen LogP contribution in [-0.4, -0.2) is 24.6 Å². The molecule has 5 heteroatoms. The second kappa shape index (κ2) is 7.12. The van der Waals surface area contributed by atoms with Crippen LogP contribution in [0.15, 0.2) is 66.7 Å². The number of hydrogen-bond donors (Lipinski definition) is 0. The molecule has 0 unspecified atom stereocenters. The number of benzene rings is 3. The van der Waals surface area contributed by atoms with Crippen LogP contribution in [0.25, 0.3) is 0 Å². The van der Waals surface area contributed by atoms with Gasteiger partial charge in [0.05, 0.1) is 19.1 Å². The number of carbonyl (C=O) groups is 3. The van der Waals surface area contributed by atoms with E-state index in [0.717, 1.165) is 5.56 Å². The van der Waals surface area contributed by atoms with Gasteiger partial charge in [0.25, 0.3) is 0 Å². The van der Waals surface area contributed by atoms with E-state index in [2.05, 4.69) is 0 Å². The van der Waals surface area contributed by atoms with Gasteiger partial charge in [-0.2, -0.15) is 0 Å². The van der Waals surface area contributed by atoms with Crippen LogP contribution in [0.1, 0.15) is 37.4 Å². The highest BCUT2D eigenvalue weighted by molar-refractivity contribution is 6.29. The van der Waals surface area contributed by atoms with Crippen molar-refractivity contribution in [1.29, 1.82) is 0 Å². The maximum atomic E-state index is 13.1. The fraction of sp³-hybridized carbons (Fsp3) is 0.0870. The molecule has 0 bridgehead atoms. The third-order valence-corrected chi connectivity index (χ3v) is 4.64. The highest BCUT2D eigenvalue weighted by Crippen LogP contribution is 2.39. The summed E-state index contributed by atoms with van der Waals surface area (Å²) >= 11 is 0. The Balaban J connectivity index is 1.76. The number of ether oxygens (including phenoxy) is 2. The third-order valence-electron chi connectivity index (χ3n) is 4.64. The molecule has 1 aliphatic carbocycles. The van der Waals surface area contributed by atoms with E-state index in [1.54, 1.807) is 24.3 Å². The molecule has 0 atom stereocenters. The van der Waals surface area contributed by atoms with E-state index >= 15 is 0 Å². The smallest absolute Gasteiger partial charge is 0.315 e. The topological polar surface area (TPSA) is 69.7 Å². The normalized spacial score (nSPS) is 12.2. The Kier molecular flexibility index (Phi) is 4.49. The maximum absolute atomic E-state index is 13.1. The van der Waals surface area contributed by atoms with Crippen LogP contribution in [0.3, 0.4) is 0 Å². The van der Waals surface area contributed by atoms with Gasteiger partial charge in [-0.3, -0.25) is 14.4 Å². The van der Waals surface area contributed by atoms with Crippen LogP contribution in [0.4, 0.5) is 0 Å². The minimum Gasteiger partial charge on any atom is -0.493 e. The van der Waals surface area contributed by atoms with Crippen molar-refractivity contribution in [3.05, 3.63) is 94.5 Å². The molecule has 138 valence electrons. The molecule has 3 aromatic rings. The molecule has 4 rings (SSSR count). The largest absolute Gasteiger partial charge is 0.493 e. The lowest BCUT2D eigenvalue weighted by Gasteiger charge is -2.21. The number of hydrogen-bond acceptors (Lipinski definition) is 5. The Bertz CT molecular complexity index is 1100. The second-order valence-electron chi connectivity index (χ2n) is 6.36. The van der Waals surface area contributed by atoms with Crippen molar-refractivity contribution in [2.45, 2.75) is 6.42 Å². The Hall–Kier alpha value is -3.73. The van der Waals surface area contributed by atoms with Crippen molar-refractivity contribution in [2.24, 2.45) is 0 Å². The van der Waals surface area contributed by atoms with Gasteiger partial charge >= 0.3 is 5.97 Å². The van der Waals surface area contributed by atoms with Crippen LogP contribution < -0.4 is 9.47 Å². The number of fused-ring (bicyclic) bond motifs is 2. The van der Waals surface area contributed by atoms with Crippen LogP contribution in [0.5, 0.6) is 11.5 Å². The fourth-order valence-corrected chi connectivity index (χ4v) is 3.31. The lowest BCUT2D eigenvalue weighted by Crippen LogP contribution is -2.23. The third kappa shape index (κ3) is 2.97. The van der Waals surface area contributed by atoms with Gasteiger partial charge in [0, 0.05) is 16.7 Å². The first-order valence-electron chi connectivity index (χ1n) is 8.74. The Morgan fingerprint density at radius 1 is 0.786 bits per heavy atom. The molecule has 0 aliphatic heterocycles. The number of methoxy groups -OCH3 is 1. The number of esters is 1. The summed E-state index contributed by atoms with van der Waals surface area (Å²) in [6, 6.07) is 18.8. The van der Waals surface area contributed by atoms with Crippen LogP contribution in [0, 0.1) is 0 Å². The van der Waals surface area contributed by atoms with Crippen molar-refractivity contribution in [2.75, 3.05) is 7.11 Å². The van der Waals surface area contributed by atoms with Crippen molar-refractivity contribution < 1.29 is 23.9 Å². The molecule has 0 heterocycles. The van der Waals surface area contributed by atoms with Gasteiger partial charge in [0.2, 0.25) is 0 Å². The molecule has 28 heavy (non-hydrogen) atoms. The van der Waals surface area contributed by atoms with Gasteiger partial charge in [0.15, 0.2) is 23.1 Å². The summed E-state index contributed by atoms with van der Waals surface area (Å²) < 4.78 is 10.8. The monoisotopic (exact) mass is 372 g/mol. The molecule has 0 radical (unpaired) electrons. The second-order valence-corrected chi connectivity index (χ2v) is 6.36. The van der Waals surface area contributed by atoms with Crippen molar-refractivity contribution >= 4 is 17.5 Å². The number of rotatable bonds is 4. The number of ketones is 2. The van der Waals surface area contributed by atoms with Crippen LogP contribution in [-0.2, 0) is 11.2 Å². The first-order valence-corrected chi connectivity index (χ1v) is 8.74. The zero-order valence-corrected chi connectivity index (χ0v) is 15.1. The van der Waals surface area contributed by atoms with E-state index in [-0.39, 0.29) is 46.2 Å². The van der Waals surface area contributed by atoms with Gasteiger partial charge in [-0.15, -0.1) is 0 Å². The molecular formula is C23H16O5. The molecule has 0 N–H and O–H groups in total. The zero-order valence-electron chi connectivity index (χ0n) is 15.1. The van der Waals surface area contributed by atoms with Crippen molar-refractivity contribution in [3.63, 3.8) is 0 Å². The van der Waals surface area contributed by atoms with E-state index in [1.807, 2.05) is 30.3 Å². The predicted molar refractivity (Wildman–Crippen MR) is 102 cm³/mol. The minimum absolute atomic E-state index is 0.0196. The van der Waals surface area contributed by atoms with E-state index in [0.29, 0.717) is 5.56 Å². The SMILES string of the molecule is COc1ccc2c(c1OC(=O)Cc1ccccc1)C(=O)c1ccccc1C2=O. The summed E-state index contributed by atoms with van der Waals surface area (Å²) in [7, 11) is 1.42. The van der Waals surface area contributed by atoms with Gasteiger partial charge < -0.3 is 9.47 Å². The quantitative estimate of drug-likeness (QED) is 0.404. The molecule has 5 nitrogen and oxygen atoms in total. The molecule has 0 amide bonds. The molecule has 3 aromatic carbocycles. The standard InChI is InChI=1S/C23H16O5/c1-27-18-12-11-17-20(22(26)16-10-6-5-9-15(16)21(17)25)23(18)28-19(24)13-14-7-3-2-4-8-14/h2-12H,13H2,1H3. The first-order chi connectivity index (χ1) is 13.6. The van der Waals surface area contributed by atoms with Crippen LogP contribution in [0.2, 0.25) is 0 Å². The molecule has 0 saturated heterocycles. The molecule has 0 fully saturated rings. The van der Waals surface area contributed by atoms with Gasteiger partial charge in [0.1, 0.15) is 0 Å². The zero-order chi connectivity index (χ0) is 19.7. The average Bonchev–Trinajstić information content (AvgIpc) is 2.72. The molecule has 0 aromatic heterocycles. The van der Waals surface area contributed by atoms with Gasteiger partial charge in [-0.05, 0) is 17.7 Å². The fourth-order valence-electron chi connectivity index (χ4n) is 3.31. The van der Waals surface area contributed by atoms with E-state index in [1.165, 1.54) is 19.2 Å². The summed E-state index contributed by atoms with van der Waals surface area (Å²) in [5.41, 5.74) is 1.67. The average molecular weight is 372 g/mol. The summed E-state index contributed by atoms with van der Waals surface area (Å²) in [6.45, 7) is 0. The molecule has 1 aliphatic rings. The summed E-state index contributed by atoms with van der Waals surface area (Å²) in [6.07, 6.45) is 0.0341. The van der Waals surface area contributed by atoms with Crippen LogP contribution >= 0.6 is 0 Å². The highest BCUT2D eigenvalue weighted by atomic mass is 16.6. The molecule has 0 spiro atoms. The van der Waals surface area contributed by atoms with E-state index < -0.39 is 5.97 Å². The summed E-state index contributed by atoms with van der Waals surface area (Å²) in [4.78, 5) is 38.4. The Morgan fingerprint density at radius 2 is 1.43 bits per heavy atom. The first kappa shape index (κ1) is 17.7. The Labute approximate surface area is 161 Å². The number of carbonyl (C=O) groups excluding carboxylic acids is 3. The predicted octanol–water partition coefficient (Wildman–Crippen LogP) is 3.62. The van der Waals surface area contributed by atoms with E-state index in [9.17, 15) is 14.4 Å². The molecular weight excluding hydrogens is 356 g/mol. The minimum atomic E-state index is -0.544. The maximum Gasteiger partial charge on any atom is 0.315 e. The van der Waals surface area contributed by atoms with Crippen molar-refractivity contribution in [1.82, 2.24) is 0 Å². The Morgan fingerprint density at radius 3 is 2.11 bits per heavy atom. The van der Waals surface area contributed by atoms with E-state index in [4.69, 9.17) is 9.47 Å². The van der Waals surface area contributed by atoms with Gasteiger partial charge in [-0.1, -0.05) is 54.6 Å². The lowest BCUT2D eigenvalue weighted by molar-refractivity contribution is -0.133. The highest BCUT2D eigenvalue weighted by Gasteiger charge is 2.34. The lowest BCUT2D eigenvalue weighted by atomic mass is 9.83. The van der Waals surface area contributed by atoms with Gasteiger partial charge in [-0.25, -0.2) is 0 Å². The summed E-state index contributed by atoms with van der Waals surface area (Å²) in [5.74, 6) is -0.994.